The first-order valence-corrected chi connectivity index (χ1v) is 6.85. The topological polar surface area (TPSA) is 52.9 Å². The van der Waals surface area contributed by atoms with E-state index in [1.54, 1.807) is 19.2 Å². The Morgan fingerprint density at radius 1 is 1.05 bits per heavy atom. The second kappa shape index (κ2) is 7.27. The van der Waals surface area contributed by atoms with Gasteiger partial charge < -0.3 is 14.8 Å². The van der Waals surface area contributed by atoms with Crippen molar-refractivity contribution in [2.45, 2.75) is 13.1 Å². The minimum Gasteiger partial charge on any atom is -0.497 e. The molecule has 0 aliphatic carbocycles. The number of rotatable bonds is 6. The van der Waals surface area contributed by atoms with Crippen LogP contribution in [0.25, 0.3) is 0 Å². The number of hydrogen-bond acceptors (Lipinski definition) is 4. The van der Waals surface area contributed by atoms with E-state index >= 15 is 0 Å². The number of methoxy groups -OCH3 is 1. The van der Waals surface area contributed by atoms with Crippen LogP contribution in [0.2, 0.25) is 0 Å². The molecular weight excluding hydrogens is 265 g/mol. The van der Waals surface area contributed by atoms with Crippen molar-refractivity contribution >= 4 is 12.6 Å². The van der Waals surface area contributed by atoms with E-state index in [-0.39, 0.29) is 0 Å². The fourth-order valence-corrected chi connectivity index (χ4v) is 2.34. The van der Waals surface area contributed by atoms with Gasteiger partial charge in [0, 0.05) is 13.1 Å². The molecule has 21 heavy (non-hydrogen) atoms. The maximum absolute atomic E-state index is 9.47. The molecule has 0 radical (unpaired) electrons. The van der Waals surface area contributed by atoms with Crippen LogP contribution in [0.5, 0.6) is 5.75 Å². The Kier molecular flexibility index (Phi) is 5.39. The molecule has 2 rings (SSSR count). The third-order valence-electron chi connectivity index (χ3n) is 3.36. The van der Waals surface area contributed by atoms with Crippen molar-refractivity contribution in [3.63, 3.8) is 0 Å². The van der Waals surface area contributed by atoms with Gasteiger partial charge in [-0.1, -0.05) is 36.4 Å². The van der Waals surface area contributed by atoms with Gasteiger partial charge in [-0.3, -0.25) is 4.90 Å². The van der Waals surface area contributed by atoms with E-state index in [2.05, 4.69) is 17.0 Å². The highest BCUT2D eigenvalue weighted by molar-refractivity contribution is 6.59. The van der Waals surface area contributed by atoms with E-state index in [0.717, 1.165) is 12.1 Å². The van der Waals surface area contributed by atoms with E-state index in [9.17, 15) is 10.0 Å². The molecule has 0 spiro atoms. The minimum atomic E-state index is -1.48. The quantitative estimate of drug-likeness (QED) is 0.778. The Morgan fingerprint density at radius 2 is 1.76 bits per heavy atom. The highest BCUT2D eigenvalue weighted by atomic mass is 16.5. The summed E-state index contributed by atoms with van der Waals surface area (Å²) in [4.78, 5) is 2.12. The van der Waals surface area contributed by atoms with Crippen molar-refractivity contribution in [3.05, 3.63) is 59.7 Å². The Labute approximate surface area is 125 Å². The second-order valence-electron chi connectivity index (χ2n) is 5.10. The normalized spacial score (nSPS) is 10.7. The highest BCUT2D eigenvalue weighted by Gasteiger charge is 2.17. The summed E-state index contributed by atoms with van der Waals surface area (Å²) in [5.41, 5.74) is 2.58. The molecule has 0 aromatic heterocycles. The average molecular weight is 285 g/mol. The van der Waals surface area contributed by atoms with Crippen molar-refractivity contribution in [2.75, 3.05) is 14.2 Å². The molecule has 0 bridgehead atoms. The van der Waals surface area contributed by atoms with Crippen molar-refractivity contribution in [1.82, 2.24) is 4.90 Å². The smallest absolute Gasteiger partial charge is 0.488 e. The van der Waals surface area contributed by atoms with Gasteiger partial charge in [-0.05, 0) is 35.8 Å². The summed E-state index contributed by atoms with van der Waals surface area (Å²) in [6, 6.07) is 15.4. The van der Waals surface area contributed by atoms with Crippen LogP contribution in [0.1, 0.15) is 11.1 Å². The summed E-state index contributed by atoms with van der Waals surface area (Å²) in [7, 11) is 2.12. The Hall–Kier alpha value is -1.82. The van der Waals surface area contributed by atoms with Gasteiger partial charge in [-0.15, -0.1) is 0 Å². The van der Waals surface area contributed by atoms with E-state index in [0.29, 0.717) is 17.8 Å². The van der Waals surface area contributed by atoms with Gasteiger partial charge in [0.05, 0.1) is 7.11 Å². The van der Waals surface area contributed by atoms with Crippen molar-refractivity contribution < 1.29 is 14.8 Å². The van der Waals surface area contributed by atoms with Gasteiger partial charge >= 0.3 is 7.12 Å². The summed E-state index contributed by atoms with van der Waals surface area (Å²) in [6.45, 7) is 1.40. The third kappa shape index (κ3) is 4.33. The van der Waals surface area contributed by atoms with E-state index in [1.165, 1.54) is 5.56 Å². The maximum Gasteiger partial charge on any atom is 0.488 e. The summed E-state index contributed by atoms with van der Waals surface area (Å²) in [5.74, 6) is 0.711. The lowest BCUT2D eigenvalue weighted by molar-refractivity contribution is 0.318. The zero-order valence-electron chi connectivity index (χ0n) is 12.4. The third-order valence-corrected chi connectivity index (χ3v) is 3.36. The van der Waals surface area contributed by atoms with Crippen LogP contribution in [0.15, 0.2) is 48.5 Å². The zero-order chi connectivity index (χ0) is 15.2. The highest BCUT2D eigenvalue weighted by Crippen LogP contribution is 2.14. The van der Waals surface area contributed by atoms with Crippen LogP contribution in [0, 0.1) is 0 Å². The summed E-state index contributed by atoms with van der Waals surface area (Å²) >= 11 is 0. The van der Waals surface area contributed by atoms with Crippen LogP contribution in [0.4, 0.5) is 0 Å². The predicted octanol–water partition coefficient (Wildman–Crippen LogP) is 1.01. The first kappa shape index (κ1) is 15.6. The molecule has 2 aromatic rings. The summed E-state index contributed by atoms with van der Waals surface area (Å²) < 4.78 is 5.21. The van der Waals surface area contributed by atoms with Gasteiger partial charge in [-0.2, -0.15) is 0 Å². The van der Waals surface area contributed by atoms with E-state index < -0.39 is 7.12 Å². The lowest BCUT2D eigenvalue weighted by Crippen LogP contribution is -2.35. The maximum atomic E-state index is 9.47. The van der Waals surface area contributed by atoms with Gasteiger partial charge in [0.1, 0.15) is 5.75 Å². The van der Waals surface area contributed by atoms with Crippen LogP contribution in [-0.2, 0) is 13.1 Å². The molecule has 0 saturated heterocycles. The standard InChI is InChI=1S/C16H20BNO3/c1-18(11-13-6-4-3-5-7-13)12-14-10-15(21-2)8-9-16(14)17(19)20/h3-10,19-20H,11-12H2,1-2H3. The summed E-state index contributed by atoms with van der Waals surface area (Å²) in [5, 5.41) is 18.9. The monoisotopic (exact) mass is 285 g/mol. The average Bonchev–Trinajstić information content (AvgIpc) is 2.47. The lowest BCUT2D eigenvalue weighted by atomic mass is 9.77. The van der Waals surface area contributed by atoms with Crippen molar-refractivity contribution in [1.29, 1.82) is 0 Å². The Morgan fingerprint density at radius 3 is 2.38 bits per heavy atom. The first-order chi connectivity index (χ1) is 10.1. The molecule has 2 N–H and O–H groups in total. The SMILES string of the molecule is COc1ccc(B(O)O)c(CN(C)Cc2ccccc2)c1. The molecule has 0 aliphatic rings. The van der Waals surface area contributed by atoms with Crippen LogP contribution < -0.4 is 10.2 Å². The van der Waals surface area contributed by atoms with Crippen molar-refractivity contribution in [2.24, 2.45) is 0 Å². The Balaban J connectivity index is 2.13. The van der Waals surface area contributed by atoms with E-state index in [4.69, 9.17) is 4.74 Å². The molecule has 5 heteroatoms. The minimum absolute atomic E-state index is 0.510. The van der Waals surface area contributed by atoms with Gasteiger partial charge in [0.2, 0.25) is 0 Å². The molecular formula is C16H20BNO3. The number of nitrogens with zero attached hydrogens (tertiary/aromatic N) is 1. The van der Waals surface area contributed by atoms with Gasteiger partial charge in [0.15, 0.2) is 0 Å². The van der Waals surface area contributed by atoms with Gasteiger partial charge in [-0.25, -0.2) is 0 Å². The zero-order valence-corrected chi connectivity index (χ0v) is 12.4. The van der Waals surface area contributed by atoms with Crippen LogP contribution in [-0.4, -0.2) is 36.2 Å². The lowest BCUT2D eigenvalue weighted by Gasteiger charge is -2.19. The Bertz CT molecular complexity index is 575. The molecule has 0 aliphatic heterocycles. The van der Waals surface area contributed by atoms with Gasteiger partial charge in [0.25, 0.3) is 0 Å². The second-order valence-corrected chi connectivity index (χ2v) is 5.10. The molecule has 4 nitrogen and oxygen atoms in total. The number of benzene rings is 2. The molecule has 0 atom stereocenters. The van der Waals surface area contributed by atoms with Crippen LogP contribution >= 0.6 is 0 Å². The fraction of sp³-hybridized carbons (Fsp3) is 0.250. The molecule has 2 aromatic carbocycles. The molecule has 0 heterocycles. The summed E-state index contributed by atoms with van der Waals surface area (Å²) in [6.07, 6.45) is 0. The molecule has 0 fully saturated rings. The molecule has 0 saturated carbocycles. The largest absolute Gasteiger partial charge is 0.497 e. The van der Waals surface area contributed by atoms with E-state index in [1.807, 2.05) is 31.3 Å². The van der Waals surface area contributed by atoms with Crippen LogP contribution in [0.3, 0.4) is 0 Å². The molecule has 0 unspecified atom stereocenters. The van der Waals surface area contributed by atoms with Crippen molar-refractivity contribution in [3.8, 4) is 5.75 Å². The predicted molar refractivity (Wildman–Crippen MR) is 84.4 cm³/mol. The number of hydrogen-bond donors (Lipinski definition) is 2. The first-order valence-electron chi connectivity index (χ1n) is 6.85. The fourth-order valence-electron chi connectivity index (χ4n) is 2.34. The number of ether oxygens (including phenoxy) is 1. The molecule has 110 valence electrons. The molecule has 0 amide bonds.